The summed E-state index contributed by atoms with van der Waals surface area (Å²) in [4.78, 5) is 0.354. The summed E-state index contributed by atoms with van der Waals surface area (Å²) in [5.74, 6) is 0. The number of halogens is 1. The molecule has 0 amide bonds. The Kier molecular flexibility index (Phi) is 3.67. The highest BCUT2D eigenvalue weighted by Gasteiger charge is 2.36. The molecule has 0 aliphatic carbocycles. The first-order valence-electron chi connectivity index (χ1n) is 6.76. The first-order valence-corrected chi connectivity index (χ1v) is 9.00. The molecular formula is C16H16BrNO2S. The summed E-state index contributed by atoms with van der Waals surface area (Å²) in [6.07, 6.45) is 0. The van der Waals surface area contributed by atoms with Crippen molar-refractivity contribution in [2.45, 2.75) is 31.3 Å². The van der Waals surface area contributed by atoms with Gasteiger partial charge in [-0.2, -0.15) is 4.31 Å². The molecule has 110 valence electrons. The van der Waals surface area contributed by atoms with Gasteiger partial charge >= 0.3 is 0 Å². The zero-order valence-corrected chi connectivity index (χ0v) is 14.3. The Balaban J connectivity index is 2.00. The molecule has 0 fully saturated rings. The van der Waals surface area contributed by atoms with Crippen LogP contribution in [0.15, 0.2) is 51.8 Å². The second kappa shape index (κ2) is 5.23. The van der Waals surface area contributed by atoms with Crippen LogP contribution in [0.3, 0.4) is 0 Å². The predicted octanol–water partition coefficient (Wildman–Crippen LogP) is 4.02. The van der Waals surface area contributed by atoms with Gasteiger partial charge in [0.15, 0.2) is 0 Å². The fourth-order valence-corrected chi connectivity index (χ4v) is 4.67. The number of fused-ring (bicyclic) bond motifs is 1. The van der Waals surface area contributed by atoms with Crippen molar-refractivity contribution in [1.29, 1.82) is 0 Å². The molecule has 1 heterocycles. The maximum atomic E-state index is 12.8. The molecule has 1 aliphatic heterocycles. The van der Waals surface area contributed by atoms with E-state index in [9.17, 15) is 8.42 Å². The average molecular weight is 366 g/mol. The maximum absolute atomic E-state index is 12.8. The molecule has 0 spiro atoms. The summed E-state index contributed by atoms with van der Waals surface area (Å²) in [6.45, 7) is 4.31. The lowest BCUT2D eigenvalue weighted by molar-refractivity contribution is 0.370. The maximum Gasteiger partial charge on any atom is 0.243 e. The van der Waals surface area contributed by atoms with Crippen LogP contribution in [0.5, 0.6) is 0 Å². The Morgan fingerprint density at radius 2 is 1.81 bits per heavy atom. The summed E-state index contributed by atoms with van der Waals surface area (Å²) in [5, 5.41) is 0. The molecular weight excluding hydrogens is 350 g/mol. The van der Waals surface area contributed by atoms with Gasteiger partial charge in [0.25, 0.3) is 0 Å². The van der Waals surface area contributed by atoms with Gasteiger partial charge in [0.1, 0.15) is 0 Å². The van der Waals surface area contributed by atoms with E-state index in [4.69, 9.17) is 0 Å². The fraction of sp³-hybridized carbons (Fsp3) is 0.250. The van der Waals surface area contributed by atoms with Crippen molar-refractivity contribution in [1.82, 2.24) is 4.31 Å². The molecule has 2 aromatic carbocycles. The van der Waals surface area contributed by atoms with E-state index in [1.54, 1.807) is 16.4 Å². The van der Waals surface area contributed by atoms with E-state index >= 15 is 0 Å². The van der Waals surface area contributed by atoms with Crippen LogP contribution in [-0.4, -0.2) is 12.7 Å². The number of hydrogen-bond acceptors (Lipinski definition) is 2. The smallest absolute Gasteiger partial charge is 0.207 e. The van der Waals surface area contributed by atoms with Gasteiger partial charge in [-0.25, -0.2) is 8.42 Å². The van der Waals surface area contributed by atoms with E-state index in [1.807, 2.05) is 44.2 Å². The van der Waals surface area contributed by atoms with Gasteiger partial charge in [0, 0.05) is 17.1 Å². The summed E-state index contributed by atoms with van der Waals surface area (Å²) in [5.41, 5.74) is 3.19. The van der Waals surface area contributed by atoms with E-state index < -0.39 is 10.0 Å². The van der Waals surface area contributed by atoms with E-state index in [0.29, 0.717) is 11.4 Å². The van der Waals surface area contributed by atoms with Gasteiger partial charge in [0.05, 0.1) is 4.90 Å². The summed E-state index contributed by atoms with van der Waals surface area (Å²) < 4.78 is 28.2. The topological polar surface area (TPSA) is 37.4 Å². The molecule has 3 rings (SSSR count). The van der Waals surface area contributed by atoms with Gasteiger partial charge < -0.3 is 0 Å². The van der Waals surface area contributed by atoms with Crippen molar-refractivity contribution in [2.75, 3.05) is 0 Å². The first-order chi connectivity index (χ1) is 9.89. The molecule has 1 atom stereocenters. The largest absolute Gasteiger partial charge is 0.243 e. The molecule has 2 aromatic rings. The number of sulfonamides is 1. The zero-order chi connectivity index (χ0) is 15.2. The molecule has 21 heavy (non-hydrogen) atoms. The second-order valence-electron chi connectivity index (χ2n) is 5.38. The Labute approximate surface area is 133 Å². The normalized spacial score (nSPS) is 18.7. The SMILES string of the molecule is Cc1ccc(S(=O)(=O)N2Cc3ccc(Br)cc3C2C)cc1. The van der Waals surface area contributed by atoms with Crippen molar-refractivity contribution in [2.24, 2.45) is 0 Å². The minimum absolute atomic E-state index is 0.149. The number of aryl methyl sites for hydroxylation is 1. The highest BCUT2D eigenvalue weighted by molar-refractivity contribution is 9.10. The Bertz CT molecular complexity index is 784. The third-order valence-corrected chi connectivity index (χ3v) is 6.37. The Hall–Kier alpha value is -1.17. The molecule has 0 bridgehead atoms. The summed E-state index contributed by atoms with van der Waals surface area (Å²) in [7, 11) is -3.47. The van der Waals surface area contributed by atoms with Gasteiger partial charge in [-0.15, -0.1) is 0 Å². The molecule has 0 saturated carbocycles. The Morgan fingerprint density at radius 1 is 1.14 bits per heavy atom. The van der Waals surface area contributed by atoms with Gasteiger partial charge in [-0.05, 0) is 49.2 Å². The van der Waals surface area contributed by atoms with Gasteiger partial charge in [-0.3, -0.25) is 0 Å². The minimum Gasteiger partial charge on any atom is -0.207 e. The second-order valence-corrected chi connectivity index (χ2v) is 8.19. The van der Waals surface area contributed by atoms with Crippen molar-refractivity contribution in [3.05, 3.63) is 63.6 Å². The van der Waals surface area contributed by atoms with Gasteiger partial charge in [0.2, 0.25) is 10.0 Å². The van der Waals surface area contributed by atoms with Crippen LogP contribution in [0.2, 0.25) is 0 Å². The molecule has 0 saturated heterocycles. The fourth-order valence-electron chi connectivity index (χ4n) is 2.70. The molecule has 3 nitrogen and oxygen atoms in total. The lowest BCUT2D eigenvalue weighted by Crippen LogP contribution is -2.28. The number of hydrogen-bond donors (Lipinski definition) is 0. The third kappa shape index (κ3) is 2.54. The predicted molar refractivity (Wildman–Crippen MR) is 86.5 cm³/mol. The van der Waals surface area contributed by atoms with Crippen molar-refractivity contribution >= 4 is 26.0 Å². The standard InChI is InChI=1S/C16H16BrNO2S/c1-11-3-7-15(8-4-11)21(19,20)18-10-13-5-6-14(17)9-16(13)12(18)2/h3-9,12H,10H2,1-2H3. The van der Waals surface area contributed by atoms with E-state index in [-0.39, 0.29) is 6.04 Å². The van der Waals surface area contributed by atoms with Gasteiger partial charge in [-0.1, -0.05) is 39.7 Å². The van der Waals surface area contributed by atoms with Crippen LogP contribution in [0, 0.1) is 6.92 Å². The van der Waals surface area contributed by atoms with Crippen LogP contribution in [-0.2, 0) is 16.6 Å². The highest BCUT2D eigenvalue weighted by Crippen LogP contribution is 2.38. The molecule has 5 heteroatoms. The highest BCUT2D eigenvalue weighted by atomic mass is 79.9. The molecule has 0 N–H and O–H groups in total. The monoisotopic (exact) mass is 365 g/mol. The lowest BCUT2D eigenvalue weighted by Gasteiger charge is -2.21. The lowest BCUT2D eigenvalue weighted by atomic mass is 10.1. The molecule has 1 aliphatic rings. The molecule has 1 unspecified atom stereocenters. The Morgan fingerprint density at radius 3 is 2.48 bits per heavy atom. The summed E-state index contributed by atoms with van der Waals surface area (Å²) >= 11 is 3.45. The number of rotatable bonds is 2. The van der Waals surface area contributed by atoms with Crippen LogP contribution >= 0.6 is 15.9 Å². The van der Waals surface area contributed by atoms with Crippen LogP contribution < -0.4 is 0 Å². The van der Waals surface area contributed by atoms with Crippen molar-refractivity contribution < 1.29 is 8.42 Å². The molecule has 0 radical (unpaired) electrons. The van der Waals surface area contributed by atoms with Crippen LogP contribution in [0.25, 0.3) is 0 Å². The van der Waals surface area contributed by atoms with E-state index in [2.05, 4.69) is 15.9 Å². The van der Waals surface area contributed by atoms with Crippen molar-refractivity contribution in [3.8, 4) is 0 Å². The minimum atomic E-state index is -3.47. The van der Waals surface area contributed by atoms with Crippen LogP contribution in [0.1, 0.15) is 29.7 Å². The summed E-state index contributed by atoms with van der Waals surface area (Å²) in [6, 6.07) is 12.8. The number of benzene rings is 2. The average Bonchev–Trinajstić information content (AvgIpc) is 2.77. The van der Waals surface area contributed by atoms with Crippen LogP contribution in [0.4, 0.5) is 0 Å². The third-order valence-electron chi connectivity index (χ3n) is 3.94. The molecule has 0 aromatic heterocycles. The van der Waals surface area contributed by atoms with Crippen molar-refractivity contribution in [3.63, 3.8) is 0 Å². The quantitative estimate of drug-likeness (QED) is 0.805. The van der Waals surface area contributed by atoms with E-state index in [1.165, 1.54) is 0 Å². The first kappa shape index (κ1) is 14.8. The van der Waals surface area contributed by atoms with E-state index in [0.717, 1.165) is 21.2 Å². The number of nitrogens with zero attached hydrogens (tertiary/aromatic N) is 1. The zero-order valence-electron chi connectivity index (χ0n) is 11.9.